The van der Waals surface area contributed by atoms with Crippen LogP contribution in [0.2, 0.25) is 0 Å². The summed E-state index contributed by atoms with van der Waals surface area (Å²) in [6.07, 6.45) is 0. The first-order valence-corrected chi connectivity index (χ1v) is 6.67. The standard InChI is InChI=1S/C15H15BrO3/c1-17-11-19-13-7-8-15(14(16)9-13)18-10-12-5-3-2-4-6-12/h2-9H,10-11H2,1H3. The van der Waals surface area contributed by atoms with Crippen LogP contribution in [0, 0.1) is 0 Å². The van der Waals surface area contributed by atoms with Gasteiger partial charge in [-0.2, -0.15) is 0 Å². The molecule has 0 saturated heterocycles. The lowest BCUT2D eigenvalue weighted by atomic mass is 10.2. The van der Waals surface area contributed by atoms with Crippen LogP contribution < -0.4 is 9.47 Å². The third-order valence-corrected chi connectivity index (χ3v) is 3.10. The zero-order valence-electron chi connectivity index (χ0n) is 10.6. The van der Waals surface area contributed by atoms with Crippen LogP contribution in [0.15, 0.2) is 53.0 Å². The van der Waals surface area contributed by atoms with E-state index in [1.54, 1.807) is 7.11 Å². The highest BCUT2D eigenvalue weighted by atomic mass is 79.9. The molecule has 0 bridgehead atoms. The molecule has 0 atom stereocenters. The fourth-order valence-electron chi connectivity index (χ4n) is 1.55. The van der Waals surface area contributed by atoms with Gasteiger partial charge in [0.05, 0.1) is 4.47 Å². The highest BCUT2D eigenvalue weighted by Crippen LogP contribution is 2.29. The summed E-state index contributed by atoms with van der Waals surface area (Å²) in [4.78, 5) is 0. The first-order chi connectivity index (χ1) is 9.29. The Labute approximate surface area is 121 Å². The molecule has 0 aliphatic rings. The number of rotatable bonds is 6. The van der Waals surface area contributed by atoms with Gasteiger partial charge in [0.1, 0.15) is 18.1 Å². The van der Waals surface area contributed by atoms with E-state index in [1.807, 2.05) is 48.5 Å². The molecule has 2 aromatic carbocycles. The van der Waals surface area contributed by atoms with Gasteiger partial charge >= 0.3 is 0 Å². The monoisotopic (exact) mass is 322 g/mol. The van der Waals surface area contributed by atoms with Crippen molar-refractivity contribution in [3.8, 4) is 11.5 Å². The van der Waals surface area contributed by atoms with Gasteiger partial charge in [-0.1, -0.05) is 30.3 Å². The molecule has 0 aromatic heterocycles. The highest BCUT2D eigenvalue weighted by molar-refractivity contribution is 9.10. The maximum absolute atomic E-state index is 5.75. The van der Waals surface area contributed by atoms with Gasteiger partial charge in [-0.05, 0) is 39.7 Å². The molecule has 2 aromatic rings. The summed E-state index contributed by atoms with van der Waals surface area (Å²) in [5.74, 6) is 1.52. The molecule has 0 radical (unpaired) electrons. The number of halogens is 1. The van der Waals surface area contributed by atoms with Crippen LogP contribution >= 0.6 is 15.9 Å². The van der Waals surface area contributed by atoms with Crippen LogP contribution in [-0.4, -0.2) is 13.9 Å². The molecule has 0 aliphatic carbocycles. The molecule has 0 fully saturated rings. The summed E-state index contributed by atoms with van der Waals surface area (Å²) < 4.78 is 16.8. The molecule has 0 heterocycles. The molecule has 0 N–H and O–H groups in total. The largest absolute Gasteiger partial charge is 0.488 e. The topological polar surface area (TPSA) is 27.7 Å². The molecular weight excluding hydrogens is 308 g/mol. The molecule has 0 aliphatic heterocycles. The number of methoxy groups -OCH3 is 1. The maximum Gasteiger partial charge on any atom is 0.188 e. The van der Waals surface area contributed by atoms with E-state index in [1.165, 1.54) is 0 Å². The summed E-state index contributed by atoms with van der Waals surface area (Å²) >= 11 is 3.47. The summed E-state index contributed by atoms with van der Waals surface area (Å²) in [7, 11) is 1.59. The van der Waals surface area contributed by atoms with Gasteiger partial charge < -0.3 is 14.2 Å². The van der Waals surface area contributed by atoms with Crippen molar-refractivity contribution >= 4 is 15.9 Å². The minimum atomic E-state index is 0.233. The van der Waals surface area contributed by atoms with Gasteiger partial charge in [0.2, 0.25) is 0 Å². The molecular formula is C15H15BrO3. The van der Waals surface area contributed by atoms with E-state index in [2.05, 4.69) is 15.9 Å². The minimum absolute atomic E-state index is 0.233. The average molecular weight is 323 g/mol. The van der Waals surface area contributed by atoms with Crippen LogP contribution in [0.1, 0.15) is 5.56 Å². The first kappa shape index (κ1) is 13.9. The predicted molar refractivity (Wildman–Crippen MR) is 77.4 cm³/mol. The van der Waals surface area contributed by atoms with Crippen molar-refractivity contribution in [3.63, 3.8) is 0 Å². The lowest BCUT2D eigenvalue weighted by molar-refractivity contribution is 0.0510. The van der Waals surface area contributed by atoms with E-state index in [4.69, 9.17) is 14.2 Å². The normalized spacial score (nSPS) is 10.2. The third kappa shape index (κ3) is 4.26. The van der Waals surface area contributed by atoms with Crippen molar-refractivity contribution in [2.24, 2.45) is 0 Å². The van der Waals surface area contributed by atoms with Gasteiger partial charge in [0, 0.05) is 7.11 Å². The molecule has 0 saturated carbocycles. The molecule has 0 unspecified atom stereocenters. The molecule has 0 spiro atoms. The van der Waals surface area contributed by atoms with Gasteiger partial charge in [0.25, 0.3) is 0 Å². The van der Waals surface area contributed by atoms with Crippen molar-refractivity contribution in [2.45, 2.75) is 6.61 Å². The van der Waals surface area contributed by atoms with E-state index >= 15 is 0 Å². The quantitative estimate of drug-likeness (QED) is 0.752. The highest BCUT2D eigenvalue weighted by Gasteiger charge is 2.04. The Morgan fingerprint density at radius 3 is 2.47 bits per heavy atom. The van der Waals surface area contributed by atoms with Crippen LogP contribution in [-0.2, 0) is 11.3 Å². The van der Waals surface area contributed by atoms with Crippen molar-refractivity contribution in [1.82, 2.24) is 0 Å². The Morgan fingerprint density at radius 2 is 1.79 bits per heavy atom. The summed E-state index contributed by atoms with van der Waals surface area (Å²) in [5, 5.41) is 0. The molecule has 100 valence electrons. The number of benzene rings is 2. The Morgan fingerprint density at radius 1 is 1.00 bits per heavy atom. The summed E-state index contributed by atoms with van der Waals surface area (Å²) in [6, 6.07) is 15.6. The third-order valence-electron chi connectivity index (χ3n) is 2.48. The van der Waals surface area contributed by atoms with Gasteiger partial charge in [-0.25, -0.2) is 0 Å². The molecule has 2 rings (SSSR count). The number of hydrogen-bond acceptors (Lipinski definition) is 3. The van der Waals surface area contributed by atoms with Crippen LogP contribution in [0.3, 0.4) is 0 Å². The van der Waals surface area contributed by atoms with Crippen molar-refractivity contribution in [2.75, 3.05) is 13.9 Å². The SMILES string of the molecule is COCOc1ccc(OCc2ccccc2)c(Br)c1. The lowest BCUT2D eigenvalue weighted by Crippen LogP contribution is -1.99. The second kappa shape index (κ2) is 7.16. The number of ether oxygens (including phenoxy) is 3. The van der Waals surface area contributed by atoms with Gasteiger partial charge in [-0.15, -0.1) is 0 Å². The fourth-order valence-corrected chi connectivity index (χ4v) is 2.02. The Balaban J connectivity index is 1.97. The van der Waals surface area contributed by atoms with Crippen LogP contribution in [0.5, 0.6) is 11.5 Å². The van der Waals surface area contributed by atoms with Crippen molar-refractivity contribution in [1.29, 1.82) is 0 Å². The Bertz CT molecular complexity index is 514. The maximum atomic E-state index is 5.75. The smallest absolute Gasteiger partial charge is 0.188 e. The lowest BCUT2D eigenvalue weighted by Gasteiger charge is -2.10. The molecule has 0 amide bonds. The van der Waals surface area contributed by atoms with Gasteiger partial charge in [-0.3, -0.25) is 0 Å². The summed E-state index contributed by atoms with van der Waals surface area (Å²) in [5.41, 5.74) is 1.13. The fraction of sp³-hybridized carbons (Fsp3) is 0.200. The van der Waals surface area contributed by atoms with Crippen LogP contribution in [0.4, 0.5) is 0 Å². The second-order valence-corrected chi connectivity index (χ2v) is 4.77. The second-order valence-electron chi connectivity index (χ2n) is 3.92. The number of hydrogen-bond donors (Lipinski definition) is 0. The van der Waals surface area contributed by atoms with E-state index < -0.39 is 0 Å². The zero-order valence-corrected chi connectivity index (χ0v) is 12.2. The zero-order chi connectivity index (χ0) is 13.5. The van der Waals surface area contributed by atoms with Crippen molar-refractivity contribution in [3.05, 3.63) is 58.6 Å². The van der Waals surface area contributed by atoms with E-state index in [0.717, 1.165) is 21.5 Å². The predicted octanol–water partition coefficient (Wildman–Crippen LogP) is 4.01. The van der Waals surface area contributed by atoms with E-state index in [0.29, 0.717) is 6.61 Å². The first-order valence-electron chi connectivity index (χ1n) is 5.87. The van der Waals surface area contributed by atoms with E-state index in [9.17, 15) is 0 Å². The average Bonchev–Trinajstić information content (AvgIpc) is 2.45. The molecule has 3 nitrogen and oxygen atoms in total. The summed E-state index contributed by atoms with van der Waals surface area (Å²) in [6.45, 7) is 0.772. The van der Waals surface area contributed by atoms with Gasteiger partial charge in [0.15, 0.2) is 6.79 Å². The molecule has 19 heavy (non-hydrogen) atoms. The Kier molecular flexibility index (Phi) is 5.24. The van der Waals surface area contributed by atoms with Crippen LogP contribution in [0.25, 0.3) is 0 Å². The Hall–Kier alpha value is -1.52. The molecule has 4 heteroatoms. The van der Waals surface area contributed by atoms with E-state index in [-0.39, 0.29) is 6.79 Å². The van der Waals surface area contributed by atoms with Crippen molar-refractivity contribution < 1.29 is 14.2 Å². The minimum Gasteiger partial charge on any atom is -0.488 e.